The minimum absolute atomic E-state index is 0.249. The first-order valence-electron chi connectivity index (χ1n) is 6.54. The maximum atomic E-state index is 8.93. The zero-order chi connectivity index (χ0) is 13.2. The Kier molecular flexibility index (Phi) is 3.56. The molecule has 0 amide bonds. The number of ether oxygens (including phenoxy) is 1. The zero-order valence-corrected chi connectivity index (χ0v) is 11.4. The molecule has 1 aromatic heterocycles. The van der Waals surface area contributed by atoms with Crippen molar-refractivity contribution in [1.29, 1.82) is 5.26 Å². The zero-order valence-electron chi connectivity index (χ0n) is 11.4. The Morgan fingerprint density at radius 1 is 1.33 bits per heavy atom. The summed E-state index contributed by atoms with van der Waals surface area (Å²) in [5.74, 6) is 0.594. The van der Waals surface area contributed by atoms with Crippen LogP contribution in [0.1, 0.15) is 50.8 Å². The van der Waals surface area contributed by atoms with E-state index in [-0.39, 0.29) is 6.10 Å². The number of aromatic nitrogens is 1. The number of nitrogens with zero attached hydrogens (tertiary/aromatic N) is 2. The summed E-state index contributed by atoms with van der Waals surface area (Å²) in [6.45, 7) is 6.50. The van der Waals surface area contributed by atoms with Crippen LogP contribution in [0.2, 0.25) is 0 Å². The second kappa shape index (κ2) is 4.97. The smallest absolute Gasteiger partial charge is 0.215 e. The lowest BCUT2D eigenvalue weighted by molar-refractivity contribution is 0.0947. The summed E-state index contributed by atoms with van der Waals surface area (Å²) in [7, 11) is 0. The summed E-state index contributed by atoms with van der Waals surface area (Å²) >= 11 is 0. The minimum Gasteiger partial charge on any atom is -0.474 e. The maximum Gasteiger partial charge on any atom is 0.215 e. The average molecular weight is 244 g/mol. The van der Waals surface area contributed by atoms with Gasteiger partial charge in [-0.3, -0.25) is 0 Å². The van der Waals surface area contributed by atoms with Crippen molar-refractivity contribution >= 4 is 0 Å². The lowest BCUT2D eigenvalue weighted by atomic mass is 9.76. The highest BCUT2D eigenvalue weighted by molar-refractivity contribution is 5.34. The molecular formula is C15H20N2O. The minimum atomic E-state index is 0.249. The second-order valence-corrected chi connectivity index (χ2v) is 5.93. The van der Waals surface area contributed by atoms with Crippen molar-refractivity contribution in [3.05, 3.63) is 23.4 Å². The Hall–Kier alpha value is -1.56. The molecule has 0 N–H and O–H groups in total. The first-order valence-corrected chi connectivity index (χ1v) is 6.54. The van der Waals surface area contributed by atoms with Crippen LogP contribution < -0.4 is 4.74 Å². The Morgan fingerprint density at radius 2 is 2.00 bits per heavy atom. The van der Waals surface area contributed by atoms with Crippen molar-refractivity contribution in [2.45, 2.75) is 52.6 Å². The van der Waals surface area contributed by atoms with Crippen LogP contribution >= 0.6 is 0 Å². The molecule has 0 atom stereocenters. The van der Waals surface area contributed by atoms with E-state index in [1.54, 1.807) is 12.1 Å². The Morgan fingerprint density at radius 3 is 2.61 bits per heavy atom. The van der Waals surface area contributed by atoms with Crippen molar-refractivity contribution in [3.8, 4) is 11.9 Å². The molecule has 0 saturated heterocycles. The van der Waals surface area contributed by atoms with Gasteiger partial charge in [-0.15, -0.1) is 0 Å². The normalized spacial score (nSPS) is 19.2. The van der Waals surface area contributed by atoms with E-state index in [1.165, 1.54) is 12.8 Å². The lowest BCUT2D eigenvalue weighted by Crippen LogP contribution is -2.28. The van der Waals surface area contributed by atoms with Gasteiger partial charge in [0.05, 0.1) is 11.6 Å². The molecule has 18 heavy (non-hydrogen) atoms. The molecular weight excluding hydrogens is 224 g/mol. The molecule has 1 fully saturated rings. The fourth-order valence-electron chi connectivity index (χ4n) is 2.42. The van der Waals surface area contributed by atoms with Crippen LogP contribution in [0, 0.1) is 23.7 Å². The standard InChI is InChI=1S/C15H20N2O/c1-11-8-12(10-16)9-14(17-11)18-13-4-6-15(2,3)7-5-13/h8-9,13H,4-7H2,1-3H3. The molecule has 3 heteroatoms. The summed E-state index contributed by atoms with van der Waals surface area (Å²) in [4.78, 5) is 4.34. The largest absolute Gasteiger partial charge is 0.474 e. The predicted octanol–water partition coefficient (Wildman–Crippen LogP) is 3.61. The van der Waals surface area contributed by atoms with Crippen LogP contribution in [0.15, 0.2) is 12.1 Å². The number of aryl methyl sites for hydroxylation is 1. The van der Waals surface area contributed by atoms with Gasteiger partial charge in [0.15, 0.2) is 0 Å². The Bertz CT molecular complexity index is 464. The van der Waals surface area contributed by atoms with Crippen molar-refractivity contribution in [3.63, 3.8) is 0 Å². The monoisotopic (exact) mass is 244 g/mol. The highest BCUT2D eigenvalue weighted by Crippen LogP contribution is 2.36. The van der Waals surface area contributed by atoms with Crippen molar-refractivity contribution in [2.75, 3.05) is 0 Å². The summed E-state index contributed by atoms with van der Waals surface area (Å²) < 4.78 is 5.91. The van der Waals surface area contributed by atoms with Crippen molar-refractivity contribution in [2.24, 2.45) is 5.41 Å². The first kappa shape index (κ1) is 12.9. The molecule has 96 valence electrons. The Balaban J connectivity index is 2.02. The SMILES string of the molecule is Cc1cc(C#N)cc(OC2CCC(C)(C)CC2)n1. The number of rotatable bonds is 2. The van der Waals surface area contributed by atoms with Gasteiger partial charge < -0.3 is 4.74 Å². The molecule has 0 bridgehead atoms. The molecule has 1 aromatic rings. The number of hydrogen-bond donors (Lipinski definition) is 0. The van der Waals surface area contributed by atoms with Gasteiger partial charge in [0, 0.05) is 11.8 Å². The molecule has 0 aliphatic heterocycles. The molecule has 3 nitrogen and oxygen atoms in total. The van der Waals surface area contributed by atoms with Crippen LogP contribution in [-0.4, -0.2) is 11.1 Å². The molecule has 1 heterocycles. The maximum absolute atomic E-state index is 8.93. The van der Waals surface area contributed by atoms with E-state index in [0.717, 1.165) is 18.5 Å². The van der Waals surface area contributed by atoms with Crippen molar-refractivity contribution in [1.82, 2.24) is 4.98 Å². The topological polar surface area (TPSA) is 45.9 Å². The predicted molar refractivity (Wildman–Crippen MR) is 70.4 cm³/mol. The quantitative estimate of drug-likeness (QED) is 0.798. The van der Waals surface area contributed by atoms with Gasteiger partial charge in [-0.25, -0.2) is 4.98 Å². The van der Waals surface area contributed by atoms with Gasteiger partial charge in [0.1, 0.15) is 6.10 Å². The summed E-state index contributed by atoms with van der Waals surface area (Å²) in [6.07, 6.45) is 4.77. The van der Waals surface area contributed by atoms with E-state index >= 15 is 0 Å². The van der Waals surface area contributed by atoms with Gasteiger partial charge in [0.2, 0.25) is 5.88 Å². The van der Waals surface area contributed by atoms with Gasteiger partial charge in [-0.05, 0) is 44.1 Å². The third-order valence-electron chi connectivity index (χ3n) is 3.63. The van der Waals surface area contributed by atoms with E-state index in [4.69, 9.17) is 10.00 Å². The molecule has 1 aliphatic rings. The second-order valence-electron chi connectivity index (χ2n) is 5.93. The molecule has 1 saturated carbocycles. The van der Waals surface area contributed by atoms with Gasteiger partial charge in [-0.2, -0.15) is 5.26 Å². The van der Waals surface area contributed by atoms with Crippen LogP contribution in [0.25, 0.3) is 0 Å². The van der Waals surface area contributed by atoms with Crippen LogP contribution in [0.3, 0.4) is 0 Å². The molecule has 2 rings (SSSR count). The molecule has 1 aliphatic carbocycles. The van der Waals surface area contributed by atoms with Crippen molar-refractivity contribution < 1.29 is 4.74 Å². The van der Waals surface area contributed by atoms with E-state index in [0.29, 0.717) is 16.9 Å². The highest BCUT2D eigenvalue weighted by atomic mass is 16.5. The molecule has 0 aromatic carbocycles. The van der Waals surface area contributed by atoms with Gasteiger partial charge in [0.25, 0.3) is 0 Å². The Labute approximate surface area is 109 Å². The van der Waals surface area contributed by atoms with E-state index in [1.807, 2.05) is 6.92 Å². The fourth-order valence-corrected chi connectivity index (χ4v) is 2.42. The number of pyridine rings is 1. The number of hydrogen-bond acceptors (Lipinski definition) is 3. The number of nitriles is 1. The third kappa shape index (κ3) is 3.22. The van der Waals surface area contributed by atoms with Crippen LogP contribution in [-0.2, 0) is 0 Å². The van der Waals surface area contributed by atoms with Crippen LogP contribution in [0.4, 0.5) is 0 Å². The van der Waals surface area contributed by atoms with Crippen LogP contribution in [0.5, 0.6) is 5.88 Å². The first-order chi connectivity index (χ1) is 8.48. The summed E-state index contributed by atoms with van der Waals surface area (Å²) in [6, 6.07) is 5.64. The van der Waals surface area contributed by atoms with Gasteiger partial charge >= 0.3 is 0 Å². The van der Waals surface area contributed by atoms with E-state index in [9.17, 15) is 0 Å². The van der Waals surface area contributed by atoms with Gasteiger partial charge in [-0.1, -0.05) is 13.8 Å². The lowest BCUT2D eigenvalue weighted by Gasteiger charge is -2.34. The highest BCUT2D eigenvalue weighted by Gasteiger charge is 2.28. The fraction of sp³-hybridized carbons (Fsp3) is 0.600. The molecule has 0 spiro atoms. The molecule has 0 unspecified atom stereocenters. The average Bonchev–Trinajstić information content (AvgIpc) is 2.31. The summed E-state index contributed by atoms with van der Waals surface area (Å²) in [5.41, 5.74) is 1.89. The van der Waals surface area contributed by atoms with E-state index in [2.05, 4.69) is 24.9 Å². The summed E-state index contributed by atoms with van der Waals surface area (Å²) in [5, 5.41) is 8.93. The third-order valence-corrected chi connectivity index (χ3v) is 3.63. The van der Waals surface area contributed by atoms with E-state index < -0.39 is 0 Å². The molecule has 0 radical (unpaired) electrons.